The van der Waals surface area contributed by atoms with Crippen LogP contribution in [-0.4, -0.2) is 29.8 Å². The molecule has 1 aliphatic heterocycles. The first kappa shape index (κ1) is 15.4. The highest BCUT2D eigenvalue weighted by Crippen LogP contribution is 2.22. The van der Waals surface area contributed by atoms with Gasteiger partial charge in [0.05, 0.1) is 17.9 Å². The van der Waals surface area contributed by atoms with Gasteiger partial charge in [0.1, 0.15) is 0 Å². The average Bonchev–Trinajstić information content (AvgIpc) is 2.43. The number of hydrogen-bond donors (Lipinski definition) is 2. The third-order valence-electron chi connectivity index (χ3n) is 3.83. The predicted octanol–water partition coefficient (Wildman–Crippen LogP) is 2.31. The zero-order valence-electron chi connectivity index (χ0n) is 12.5. The monoisotopic (exact) mass is 289 g/mol. The molecule has 1 aromatic carbocycles. The van der Waals surface area contributed by atoms with E-state index >= 15 is 0 Å². The highest BCUT2D eigenvalue weighted by atomic mass is 16.2. The summed E-state index contributed by atoms with van der Waals surface area (Å²) < 4.78 is 0. The topological polar surface area (TPSA) is 75.4 Å². The predicted molar refractivity (Wildman–Crippen MR) is 83.9 cm³/mol. The number of aryl methyl sites for hydroxylation is 1. The normalized spacial score (nSPS) is 16.2. The SMILES string of the molecule is Cc1cccc(N)c1NC(=O)CN1CCCCCCC1=O. The molecular formula is C16H23N3O2. The van der Waals surface area contributed by atoms with Crippen molar-refractivity contribution in [2.45, 2.75) is 39.0 Å². The second-order valence-corrected chi connectivity index (χ2v) is 5.57. The molecule has 1 heterocycles. The number of nitrogens with two attached hydrogens (primary N) is 1. The minimum atomic E-state index is -0.190. The molecule has 5 heteroatoms. The quantitative estimate of drug-likeness (QED) is 0.838. The van der Waals surface area contributed by atoms with Crippen molar-refractivity contribution in [1.82, 2.24) is 4.90 Å². The lowest BCUT2D eigenvalue weighted by Gasteiger charge is -2.24. The molecule has 0 saturated carbocycles. The number of hydrogen-bond acceptors (Lipinski definition) is 3. The number of nitrogen functional groups attached to an aromatic ring is 1. The molecular weight excluding hydrogens is 266 g/mol. The molecule has 0 aliphatic carbocycles. The lowest BCUT2D eigenvalue weighted by atomic mass is 10.1. The molecule has 2 amide bonds. The van der Waals surface area contributed by atoms with Crippen molar-refractivity contribution in [2.75, 3.05) is 24.1 Å². The van der Waals surface area contributed by atoms with Crippen molar-refractivity contribution in [2.24, 2.45) is 0 Å². The summed E-state index contributed by atoms with van der Waals surface area (Å²) in [6.07, 6.45) is 4.65. The number of amides is 2. The van der Waals surface area contributed by atoms with Crippen molar-refractivity contribution in [3.63, 3.8) is 0 Å². The van der Waals surface area contributed by atoms with Gasteiger partial charge in [-0.2, -0.15) is 0 Å². The lowest BCUT2D eigenvalue weighted by Crippen LogP contribution is -2.39. The highest BCUT2D eigenvalue weighted by molar-refractivity contribution is 5.97. The van der Waals surface area contributed by atoms with Crippen LogP contribution in [0.25, 0.3) is 0 Å². The fourth-order valence-corrected chi connectivity index (χ4v) is 2.60. The Morgan fingerprint density at radius 2 is 2.05 bits per heavy atom. The van der Waals surface area contributed by atoms with E-state index in [-0.39, 0.29) is 18.4 Å². The number of rotatable bonds is 3. The Balaban J connectivity index is 1.98. The molecule has 5 nitrogen and oxygen atoms in total. The van der Waals surface area contributed by atoms with E-state index in [2.05, 4.69) is 5.32 Å². The van der Waals surface area contributed by atoms with Crippen LogP contribution in [0.2, 0.25) is 0 Å². The van der Waals surface area contributed by atoms with Gasteiger partial charge in [-0.3, -0.25) is 9.59 Å². The Labute approximate surface area is 125 Å². The third kappa shape index (κ3) is 4.21. The molecule has 1 fully saturated rings. The van der Waals surface area contributed by atoms with Crippen LogP contribution < -0.4 is 11.1 Å². The number of nitrogens with one attached hydrogen (secondary N) is 1. The second-order valence-electron chi connectivity index (χ2n) is 5.57. The van der Waals surface area contributed by atoms with Gasteiger partial charge in [-0.25, -0.2) is 0 Å². The standard InChI is InChI=1S/C16H23N3O2/c1-12-7-6-8-13(17)16(12)18-14(20)11-19-10-5-3-2-4-9-15(19)21/h6-8H,2-5,9-11,17H2,1H3,(H,18,20). The summed E-state index contributed by atoms with van der Waals surface area (Å²) in [6, 6.07) is 5.50. The van der Waals surface area contributed by atoms with Crippen molar-refractivity contribution < 1.29 is 9.59 Å². The van der Waals surface area contributed by atoms with Crippen molar-refractivity contribution in [3.8, 4) is 0 Å². The Bertz CT molecular complexity index is 508. The van der Waals surface area contributed by atoms with Gasteiger partial charge < -0.3 is 16.0 Å². The molecule has 2 rings (SSSR count). The van der Waals surface area contributed by atoms with Crippen LogP contribution in [0.4, 0.5) is 11.4 Å². The summed E-state index contributed by atoms with van der Waals surface area (Å²) in [5.74, 6) is -0.118. The zero-order valence-corrected chi connectivity index (χ0v) is 12.5. The molecule has 0 spiro atoms. The van der Waals surface area contributed by atoms with E-state index in [0.29, 0.717) is 24.3 Å². The maximum atomic E-state index is 12.2. The molecule has 0 aromatic heterocycles. The molecule has 0 unspecified atom stereocenters. The minimum Gasteiger partial charge on any atom is -0.397 e. The van der Waals surface area contributed by atoms with Crippen LogP contribution in [0.1, 0.15) is 37.7 Å². The van der Waals surface area contributed by atoms with Crippen LogP contribution in [0, 0.1) is 6.92 Å². The van der Waals surface area contributed by atoms with Crippen molar-refractivity contribution >= 4 is 23.2 Å². The molecule has 0 atom stereocenters. The van der Waals surface area contributed by atoms with E-state index < -0.39 is 0 Å². The van der Waals surface area contributed by atoms with E-state index in [9.17, 15) is 9.59 Å². The van der Waals surface area contributed by atoms with E-state index in [1.165, 1.54) is 0 Å². The molecule has 0 bridgehead atoms. The first-order valence-corrected chi connectivity index (χ1v) is 7.50. The van der Waals surface area contributed by atoms with Crippen LogP contribution in [0.3, 0.4) is 0 Å². The van der Waals surface area contributed by atoms with Crippen molar-refractivity contribution in [3.05, 3.63) is 23.8 Å². The fourth-order valence-electron chi connectivity index (χ4n) is 2.60. The van der Waals surface area contributed by atoms with Crippen LogP contribution in [0.15, 0.2) is 18.2 Å². The Morgan fingerprint density at radius 3 is 2.81 bits per heavy atom. The maximum absolute atomic E-state index is 12.2. The third-order valence-corrected chi connectivity index (χ3v) is 3.83. The number of benzene rings is 1. The van der Waals surface area contributed by atoms with Crippen LogP contribution in [-0.2, 0) is 9.59 Å². The Kier molecular flexibility index (Phi) is 5.20. The molecule has 1 saturated heterocycles. The molecule has 114 valence electrons. The number of carbonyl (C=O) groups is 2. The van der Waals surface area contributed by atoms with Crippen LogP contribution in [0.5, 0.6) is 0 Å². The number of nitrogens with zero attached hydrogens (tertiary/aromatic N) is 1. The average molecular weight is 289 g/mol. The van der Waals surface area contributed by atoms with Gasteiger partial charge >= 0.3 is 0 Å². The number of carbonyl (C=O) groups excluding carboxylic acids is 2. The highest BCUT2D eigenvalue weighted by Gasteiger charge is 2.19. The van der Waals surface area contributed by atoms with E-state index in [4.69, 9.17) is 5.73 Å². The van der Waals surface area contributed by atoms with Gasteiger partial charge in [0, 0.05) is 13.0 Å². The number of likely N-dealkylation sites (tertiary alicyclic amines) is 1. The summed E-state index contributed by atoms with van der Waals surface area (Å²) in [5, 5.41) is 2.82. The van der Waals surface area contributed by atoms with Gasteiger partial charge in [-0.15, -0.1) is 0 Å². The molecule has 21 heavy (non-hydrogen) atoms. The van der Waals surface area contributed by atoms with E-state index in [0.717, 1.165) is 31.2 Å². The molecule has 1 aliphatic rings. The Hall–Kier alpha value is -2.04. The maximum Gasteiger partial charge on any atom is 0.244 e. The second kappa shape index (κ2) is 7.11. The molecule has 0 radical (unpaired) electrons. The summed E-state index contributed by atoms with van der Waals surface area (Å²) in [6.45, 7) is 2.66. The van der Waals surface area contributed by atoms with Crippen LogP contribution >= 0.6 is 0 Å². The lowest BCUT2D eigenvalue weighted by molar-refractivity contribution is -0.135. The van der Waals surface area contributed by atoms with Gasteiger partial charge in [0.15, 0.2) is 0 Å². The summed E-state index contributed by atoms with van der Waals surface area (Å²) >= 11 is 0. The summed E-state index contributed by atoms with van der Waals surface area (Å²) in [4.78, 5) is 25.8. The van der Waals surface area contributed by atoms with Gasteiger partial charge in [-0.1, -0.05) is 25.0 Å². The first-order chi connectivity index (χ1) is 10.1. The Morgan fingerprint density at radius 1 is 1.29 bits per heavy atom. The largest absolute Gasteiger partial charge is 0.397 e. The van der Waals surface area contributed by atoms with Crippen molar-refractivity contribution in [1.29, 1.82) is 0 Å². The summed E-state index contributed by atoms with van der Waals surface area (Å²) in [5.41, 5.74) is 7.98. The molecule has 1 aromatic rings. The smallest absolute Gasteiger partial charge is 0.244 e. The van der Waals surface area contributed by atoms with Gasteiger partial charge in [-0.05, 0) is 31.4 Å². The molecule has 3 N–H and O–H groups in total. The van der Waals surface area contributed by atoms with E-state index in [1.54, 1.807) is 11.0 Å². The van der Waals surface area contributed by atoms with E-state index in [1.807, 2.05) is 19.1 Å². The first-order valence-electron chi connectivity index (χ1n) is 7.50. The number of anilines is 2. The summed E-state index contributed by atoms with van der Waals surface area (Å²) in [7, 11) is 0. The minimum absolute atomic E-state index is 0.0719. The number of para-hydroxylation sites is 1. The van der Waals surface area contributed by atoms with Gasteiger partial charge in [0.2, 0.25) is 11.8 Å². The zero-order chi connectivity index (χ0) is 15.2. The van der Waals surface area contributed by atoms with Gasteiger partial charge in [0.25, 0.3) is 0 Å². The fraction of sp³-hybridized carbons (Fsp3) is 0.500.